The minimum absolute atomic E-state index is 0.0117. The van der Waals surface area contributed by atoms with Gasteiger partial charge in [-0.15, -0.1) is 11.3 Å². The number of anilines is 1. The van der Waals surface area contributed by atoms with Crippen molar-refractivity contribution in [3.8, 4) is 0 Å². The Morgan fingerprint density at radius 2 is 2.18 bits per heavy atom. The molecule has 1 fully saturated rings. The number of ether oxygens (including phenoxy) is 1. The van der Waals surface area contributed by atoms with Gasteiger partial charge in [0.2, 0.25) is 5.91 Å². The van der Waals surface area contributed by atoms with E-state index in [0.29, 0.717) is 32.5 Å². The number of piperidine rings is 1. The van der Waals surface area contributed by atoms with Gasteiger partial charge in [-0.05, 0) is 37.3 Å². The summed E-state index contributed by atoms with van der Waals surface area (Å²) in [6.07, 6.45) is 1.40. The molecule has 3 amide bonds. The van der Waals surface area contributed by atoms with Crippen LogP contribution in [0.25, 0.3) is 0 Å². The molecule has 1 saturated heterocycles. The largest absolute Gasteiger partial charge is 0.383 e. The van der Waals surface area contributed by atoms with Crippen molar-refractivity contribution in [2.45, 2.75) is 25.8 Å². The maximum atomic E-state index is 12.1. The zero-order chi connectivity index (χ0) is 15.9. The van der Waals surface area contributed by atoms with E-state index in [2.05, 4.69) is 10.6 Å². The van der Waals surface area contributed by atoms with Crippen LogP contribution in [0.1, 0.15) is 19.8 Å². The summed E-state index contributed by atoms with van der Waals surface area (Å²) in [5.74, 6) is 0.0351. The van der Waals surface area contributed by atoms with E-state index in [1.165, 1.54) is 11.3 Å². The van der Waals surface area contributed by atoms with Gasteiger partial charge in [0.1, 0.15) is 0 Å². The highest BCUT2D eigenvalue weighted by Crippen LogP contribution is 2.20. The van der Waals surface area contributed by atoms with Crippen molar-refractivity contribution >= 4 is 28.3 Å². The Hall–Kier alpha value is -1.60. The lowest BCUT2D eigenvalue weighted by Crippen LogP contribution is -2.46. The predicted molar refractivity (Wildman–Crippen MR) is 87.1 cm³/mol. The number of carbonyl (C=O) groups is 2. The quantitative estimate of drug-likeness (QED) is 0.871. The number of nitrogens with one attached hydrogen (secondary N) is 2. The second-order valence-electron chi connectivity index (χ2n) is 5.53. The molecule has 6 nitrogen and oxygen atoms in total. The fraction of sp³-hybridized carbons (Fsp3) is 0.600. The highest BCUT2D eigenvalue weighted by molar-refractivity contribution is 7.14. The topological polar surface area (TPSA) is 70.7 Å². The Morgan fingerprint density at radius 1 is 1.45 bits per heavy atom. The van der Waals surface area contributed by atoms with Crippen LogP contribution in [0.2, 0.25) is 0 Å². The van der Waals surface area contributed by atoms with Crippen LogP contribution in [0.5, 0.6) is 0 Å². The third-order valence-corrected chi connectivity index (χ3v) is 4.49. The van der Waals surface area contributed by atoms with E-state index in [9.17, 15) is 9.59 Å². The first kappa shape index (κ1) is 16.8. The van der Waals surface area contributed by atoms with Crippen molar-refractivity contribution in [2.24, 2.45) is 5.92 Å². The molecular weight excluding hydrogens is 302 g/mol. The molecule has 22 heavy (non-hydrogen) atoms. The number of hydrogen-bond acceptors (Lipinski definition) is 4. The number of likely N-dealkylation sites (tertiary alicyclic amines) is 1. The normalized spacial score (nSPS) is 17.1. The van der Waals surface area contributed by atoms with Crippen LogP contribution < -0.4 is 10.6 Å². The summed E-state index contributed by atoms with van der Waals surface area (Å²) < 4.78 is 5.02. The van der Waals surface area contributed by atoms with Crippen molar-refractivity contribution in [1.29, 1.82) is 0 Å². The molecular formula is C15H23N3O3S. The number of carbonyl (C=O) groups excluding carboxylic acids is 2. The van der Waals surface area contributed by atoms with Crippen molar-refractivity contribution in [3.05, 3.63) is 17.5 Å². The lowest BCUT2D eigenvalue weighted by atomic mass is 9.96. The van der Waals surface area contributed by atoms with Crippen molar-refractivity contribution in [3.63, 3.8) is 0 Å². The smallest absolute Gasteiger partial charge is 0.322 e. The number of nitrogens with zero attached hydrogens (tertiary/aromatic N) is 1. The lowest BCUT2D eigenvalue weighted by Gasteiger charge is -2.31. The van der Waals surface area contributed by atoms with Gasteiger partial charge >= 0.3 is 6.03 Å². The molecule has 2 rings (SSSR count). The second-order valence-corrected chi connectivity index (χ2v) is 6.48. The van der Waals surface area contributed by atoms with Crippen LogP contribution in [0.3, 0.4) is 0 Å². The van der Waals surface area contributed by atoms with Crippen LogP contribution in [-0.4, -0.2) is 49.7 Å². The number of amides is 3. The summed E-state index contributed by atoms with van der Waals surface area (Å²) in [5.41, 5.74) is 0. The molecule has 0 spiro atoms. The standard InChI is InChI=1S/C15H23N3O3S/c1-11(10-21-2)16-14(19)12-5-7-18(8-6-12)15(20)17-13-4-3-9-22-13/h3-4,9,11-12H,5-8,10H2,1-2H3,(H,16,19)(H,17,20). The number of thiophene rings is 1. The molecule has 1 aromatic rings. The average Bonchev–Trinajstić information content (AvgIpc) is 3.00. The molecule has 122 valence electrons. The second kappa shape index (κ2) is 8.14. The van der Waals surface area contributed by atoms with Crippen molar-refractivity contribution in [2.75, 3.05) is 32.1 Å². The van der Waals surface area contributed by atoms with E-state index in [-0.39, 0.29) is 23.9 Å². The van der Waals surface area contributed by atoms with Gasteiger partial charge in [0.05, 0.1) is 11.6 Å². The van der Waals surface area contributed by atoms with Gasteiger partial charge in [0.15, 0.2) is 0 Å². The Morgan fingerprint density at radius 3 is 2.77 bits per heavy atom. The van der Waals surface area contributed by atoms with Crippen LogP contribution in [0.15, 0.2) is 17.5 Å². The highest BCUT2D eigenvalue weighted by Gasteiger charge is 2.28. The number of rotatable bonds is 5. The fourth-order valence-electron chi connectivity index (χ4n) is 2.53. The molecule has 1 aliphatic rings. The van der Waals surface area contributed by atoms with Gasteiger partial charge in [0.25, 0.3) is 0 Å². The molecule has 0 radical (unpaired) electrons. The first-order valence-electron chi connectivity index (χ1n) is 7.49. The first-order chi connectivity index (χ1) is 10.6. The number of hydrogen-bond donors (Lipinski definition) is 2. The first-order valence-corrected chi connectivity index (χ1v) is 8.37. The maximum Gasteiger partial charge on any atom is 0.322 e. The zero-order valence-electron chi connectivity index (χ0n) is 13.0. The number of urea groups is 1. The molecule has 1 aliphatic heterocycles. The van der Waals surface area contributed by atoms with Crippen LogP contribution in [0, 0.1) is 5.92 Å². The molecule has 1 atom stereocenters. The minimum atomic E-state index is -0.0888. The monoisotopic (exact) mass is 325 g/mol. The summed E-state index contributed by atoms with van der Waals surface area (Å²) in [4.78, 5) is 26.0. The summed E-state index contributed by atoms with van der Waals surface area (Å²) in [6.45, 7) is 3.64. The van der Waals surface area contributed by atoms with Crippen molar-refractivity contribution in [1.82, 2.24) is 10.2 Å². The Labute approximate surface area is 134 Å². The summed E-state index contributed by atoms with van der Waals surface area (Å²) in [6, 6.07) is 3.70. The highest BCUT2D eigenvalue weighted by atomic mass is 32.1. The van der Waals surface area contributed by atoms with Gasteiger partial charge < -0.3 is 15.0 Å². The molecule has 0 bridgehead atoms. The van der Waals surface area contributed by atoms with Gasteiger partial charge in [-0.2, -0.15) is 0 Å². The molecule has 2 heterocycles. The summed E-state index contributed by atoms with van der Waals surface area (Å²) in [7, 11) is 1.62. The van der Waals surface area contributed by atoms with Crippen LogP contribution in [0.4, 0.5) is 9.80 Å². The molecule has 0 aromatic carbocycles. The van der Waals surface area contributed by atoms with E-state index in [1.807, 2.05) is 24.4 Å². The molecule has 7 heteroatoms. The average molecular weight is 325 g/mol. The van der Waals surface area contributed by atoms with E-state index in [0.717, 1.165) is 5.00 Å². The van der Waals surface area contributed by atoms with E-state index >= 15 is 0 Å². The molecule has 2 N–H and O–H groups in total. The summed E-state index contributed by atoms with van der Waals surface area (Å²) in [5, 5.41) is 8.59. The lowest BCUT2D eigenvalue weighted by molar-refractivity contribution is -0.127. The van der Waals surface area contributed by atoms with E-state index < -0.39 is 0 Å². The Balaban J connectivity index is 1.75. The van der Waals surface area contributed by atoms with Crippen LogP contribution in [-0.2, 0) is 9.53 Å². The third kappa shape index (κ3) is 4.71. The van der Waals surface area contributed by atoms with E-state index in [4.69, 9.17) is 4.74 Å². The van der Waals surface area contributed by atoms with Gasteiger partial charge in [-0.1, -0.05) is 0 Å². The Bertz CT molecular complexity index is 484. The van der Waals surface area contributed by atoms with Crippen LogP contribution >= 0.6 is 11.3 Å². The van der Waals surface area contributed by atoms with Gasteiger partial charge in [0, 0.05) is 32.2 Å². The molecule has 0 aliphatic carbocycles. The van der Waals surface area contributed by atoms with Gasteiger partial charge in [-0.25, -0.2) is 4.79 Å². The maximum absolute atomic E-state index is 12.1. The Kier molecular flexibility index (Phi) is 6.21. The number of methoxy groups -OCH3 is 1. The molecule has 1 aromatic heterocycles. The van der Waals surface area contributed by atoms with E-state index in [1.54, 1.807) is 12.0 Å². The van der Waals surface area contributed by atoms with Gasteiger partial charge in [-0.3, -0.25) is 10.1 Å². The van der Waals surface area contributed by atoms with Crippen molar-refractivity contribution < 1.29 is 14.3 Å². The molecule has 0 saturated carbocycles. The molecule has 1 unspecified atom stereocenters. The predicted octanol–water partition coefficient (Wildman–Crippen LogP) is 2.14. The summed E-state index contributed by atoms with van der Waals surface area (Å²) >= 11 is 1.50. The SMILES string of the molecule is COCC(C)NC(=O)C1CCN(C(=O)Nc2cccs2)CC1. The zero-order valence-corrected chi connectivity index (χ0v) is 13.8. The third-order valence-electron chi connectivity index (χ3n) is 3.71. The fourth-order valence-corrected chi connectivity index (χ4v) is 3.14. The minimum Gasteiger partial charge on any atom is -0.383 e.